The fourth-order valence-electron chi connectivity index (χ4n) is 2.09. The predicted molar refractivity (Wildman–Crippen MR) is 89.7 cm³/mol. The van der Waals surface area contributed by atoms with E-state index in [0.29, 0.717) is 16.3 Å². The van der Waals surface area contributed by atoms with Gasteiger partial charge in [0.1, 0.15) is 0 Å². The Labute approximate surface area is 129 Å². The Morgan fingerprint density at radius 1 is 1.10 bits per heavy atom. The van der Waals surface area contributed by atoms with E-state index in [0.717, 1.165) is 11.4 Å². The summed E-state index contributed by atoms with van der Waals surface area (Å²) in [5.41, 5.74) is 2.95. The van der Waals surface area contributed by atoms with Crippen molar-refractivity contribution >= 4 is 34.6 Å². The van der Waals surface area contributed by atoms with Crippen molar-refractivity contribution in [3.8, 4) is 0 Å². The molecule has 0 heterocycles. The van der Waals surface area contributed by atoms with E-state index >= 15 is 0 Å². The average Bonchev–Trinajstić information content (AvgIpc) is 2.46. The van der Waals surface area contributed by atoms with Crippen molar-refractivity contribution in [3.05, 3.63) is 53.1 Å². The van der Waals surface area contributed by atoms with Crippen LogP contribution in [-0.4, -0.2) is 27.1 Å². The molecule has 0 atom stereocenters. The summed E-state index contributed by atoms with van der Waals surface area (Å²) < 4.78 is 0. The molecule has 2 rings (SSSR count). The second-order valence-corrected chi connectivity index (χ2v) is 5.24. The van der Waals surface area contributed by atoms with Gasteiger partial charge in [0.15, 0.2) is 0 Å². The highest BCUT2D eigenvalue weighted by Crippen LogP contribution is 2.28. The molecular weight excluding hydrogens is 286 g/mol. The zero-order valence-electron chi connectivity index (χ0n) is 12.3. The first-order chi connectivity index (χ1) is 10.0. The van der Waals surface area contributed by atoms with Gasteiger partial charge in [-0.05, 0) is 30.3 Å². The van der Waals surface area contributed by atoms with Crippen LogP contribution in [0.5, 0.6) is 0 Å². The number of halogens is 1. The lowest BCUT2D eigenvalue weighted by molar-refractivity contribution is 0.102. The molecule has 0 fully saturated rings. The maximum absolute atomic E-state index is 12.5. The van der Waals surface area contributed by atoms with Gasteiger partial charge in [-0.25, -0.2) is 0 Å². The van der Waals surface area contributed by atoms with Crippen molar-refractivity contribution in [1.29, 1.82) is 0 Å². The second kappa shape index (κ2) is 6.50. The Bertz CT molecular complexity index is 656. The molecule has 0 saturated heterocycles. The number of benzene rings is 2. The number of nitrogens with zero attached hydrogens (tertiary/aromatic N) is 1. The average molecular weight is 304 g/mol. The van der Waals surface area contributed by atoms with Crippen LogP contribution in [0.25, 0.3) is 0 Å². The van der Waals surface area contributed by atoms with Gasteiger partial charge in [0.25, 0.3) is 5.91 Å². The van der Waals surface area contributed by atoms with E-state index in [9.17, 15) is 4.79 Å². The summed E-state index contributed by atoms with van der Waals surface area (Å²) in [6, 6.07) is 12.8. The van der Waals surface area contributed by atoms with Gasteiger partial charge in [0, 0.05) is 31.9 Å². The molecule has 2 aromatic carbocycles. The smallest absolute Gasteiger partial charge is 0.257 e. The van der Waals surface area contributed by atoms with Crippen LogP contribution in [0.15, 0.2) is 42.5 Å². The van der Waals surface area contributed by atoms with Crippen molar-refractivity contribution in [2.75, 3.05) is 36.7 Å². The monoisotopic (exact) mass is 303 g/mol. The zero-order valence-corrected chi connectivity index (χ0v) is 13.0. The molecule has 4 nitrogen and oxygen atoms in total. The number of hydrogen-bond donors (Lipinski definition) is 2. The van der Waals surface area contributed by atoms with E-state index in [4.69, 9.17) is 11.6 Å². The van der Waals surface area contributed by atoms with Crippen LogP contribution in [0, 0.1) is 0 Å². The maximum Gasteiger partial charge on any atom is 0.257 e. The summed E-state index contributed by atoms with van der Waals surface area (Å²) >= 11 is 6.03. The third-order valence-corrected chi connectivity index (χ3v) is 3.36. The minimum Gasteiger partial charge on any atom is -0.387 e. The van der Waals surface area contributed by atoms with E-state index < -0.39 is 0 Å². The predicted octanol–water partition coefficient (Wildman–Crippen LogP) is 3.70. The van der Waals surface area contributed by atoms with Gasteiger partial charge in [0.05, 0.1) is 16.9 Å². The van der Waals surface area contributed by atoms with Gasteiger partial charge in [0.2, 0.25) is 0 Å². The van der Waals surface area contributed by atoms with Crippen molar-refractivity contribution in [3.63, 3.8) is 0 Å². The van der Waals surface area contributed by atoms with Crippen LogP contribution in [-0.2, 0) is 0 Å². The van der Waals surface area contributed by atoms with Crippen LogP contribution in [0.4, 0.5) is 17.1 Å². The summed E-state index contributed by atoms with van der Waals surface area (Å²) in [6.07, 6.45) is 0. The molecule has 2 N–H and O–H groups in total. The van der Waals surface area contributed by atoms with Crippen molar-refractivity contribution in [1.82, 2.24) is 0 Å². The van der Waals surface area contributed by atoms with E-state index in [2.05, 4.69) is 10.6 Å². The van der Waals surface area contributed by atoms with Gasteiger partial charge >= 0.3 is 0 Å². The van der Waals surface area contributed by atoms with Crippen LogP contribution in [0.1, 0.15) is 10.4 Å². The fraction of sp³-hybridized carbons (Fsp3) is 0.188. The number of nitrogens with one attached hydrogen (secondary N) is 2. The van der Waals surface area contributed by atoms with E-state index in [1.807, 2.05) is 43.3 Å². The molecule has 0 aromatic heterocycles. The van der Waals surface area contributed by atoms with Crippen LogP contribution >= 0.6 is 11.6 Å². The van der Waals surface area contributed by atoms with Crippen LogP contribution < -0.4 is 15.5 Å². The molecule has 0 spiro atoms. The molecule has 21 heavy (non-hydrogen) atoms. The first-order valence-electron chi connectivity index (χ1n) is 6.58. The Balaban J connectivity index is 2.33. The quantitative estimate of drug-likeness (QED) is 0.905. The highest BCUT2D eigenvalue weighted by Gasteiger charge is 2.13. The summed E-state index contributed by atoms with van der Waals surface area (Å²) in [5.74, 6) is -0.176. The van der Waals surface area contributed by atoms with Gasteiger partial charge < -0.3 is 15.5 Å². The lowest BCUT2D eigenvalue weighted by atomic mass is 10.1. The summed E-state index contributed by atoms with van der Waals surface area (Å²) in [5, 5.41) is 6.51. The Morgan fingerprint density at radius 3 is 2.48 bits per heavy atom. The minimum absolute atomic E-state index is 0.176. The Kier molecular flexibility index (Phi) is 4.70. The highest BCUT2D eigenvalue weighted by atomic mass is 35.5. The number of carbonyl (C=O) groups excluding carboxylic acids is 1. The molecule has 2 aromatic rings. The molecular formula is C16H18ClN3O. The van der Waals surface area contributed by atoms with Gasteiger partial charge in [-0.1, -0.05) is 23.7 Å². The van der Waals surface area contributed by atoms with Gasteiger partial charge in [-0.15, -0.1) is 0 Å². The van der Waals surface area contributed by atoms with Gasteiger partial charge in [-0.2, -0.15) is 0 Å². The number of rotatable bonds is 4. The largest absolute Gasteiger partial charge is 0.387 e. The SMILES string of the molecule is CNc1ccccc1C(=O)Nc1cc(Cl)ccc1N(C)C. The maximum atomic E-state index is 12.5. The number of carbonyl (C=O) groups is 1. The molecule has 5 heteroatoms. The molecule has 1 amide bonds. The lowest BCUT2D eigenvalue weighted by Gasteiger charge is -2.18. The lowest BCUT2D eigenvalue weighted by Crippen LogP contribution is -2.17. The van der Waals surface area contributed by atoms with Crippen molar-refractivity contribution in [2.24, 2.45) is 0 Å². The molecule has 110 valence electrons. The van der Waals surface area contributed by atoms with Crippen LogP contribution in [0.3, 0.4) is 0 Å². The number of anilines is 3. The highest BCUT2D eigenvalue weighted by molar-refractivity contribution is 6.31. The molecule has 0 aliphatic rings. The Morgan fingerprint density at radius 2 is 1.81 bits per heavy atom. The van der Waals surface area contributed by atoms with E-state index in [-0.39, 0.29) is 5.91 Å². The number of amides is 1. The molecule has 0 aliphatic carbocycles. The number of para-hydroxylation sites is 1. The molecule has 0 bridgehead atoms. The normalized spacial score (nSPS) is 10.1. The van der Waals surface area contributed by atoms with E-state index in [1.165, 1.54) is 0 Å². The third-order valence-electron chi connectivity index (χ3n) is 3.13. The summed E-state index contributed by atoms with van der Waals surface area (Å²) in [4.78, 5) is 14.4. The molecule has 0 unspecified atom stereocenters. The second-order valence-electron chi connectivity index (χ2n) is 4.81. The standard InChI is InChI=1S/C16H18ClN3O/c1-18-13-7-5-4-6-12(13)16(21)19-14-10-11(17)8-9-15(14)20(2)3/h4-10,18H,1-3H3,(H,19,21). The molecule has 0 saturated carbocycles. The molecule has 0 radical (unpaired) electrons. The summed E-state index contributed by atoms with van der Waals surface area (Å²) in [6.45, 7) is 0. The molecule has 0 aliphatic heterocycles. The first kappa shape index (κ1) is 15.2. The van der Waals surface area contributed by atoms with Gasteiger partial charge in [-0.3, -0.25) is 4.79 Å². The zero-order chi connectivity index (χ0) is 15.4. The Hall–Kier alpha value is -2.20. The number of hydrogen-bond acceptors (Lipinski definition) is 3. The van der Waals surface area contributed by atoms with Crippen molar-refractivity contribution < 1.29 is 4.79 Å². The van der Waals surface area contributed by atoms with Crippen LogP contribution in [0.2, 0.25) is 5.02 Å². The summed E-state index contributed by atoms with van der Waals surface area (Å²) in [7, 11) is 5.62. The van der Waals surface area contributed by atoms with Crippen molar-refractivity contribution in [2.45, 2.75) is 0 Å². The fourth-order valence-corrected chi connectivity index (χ4v) is 2.26. The topological polar surface area (TPSA) is 44.4 Å². The van der Waals surface area contributed by atoms with E-state index in [1.54, 1.807) is 25.2 Å². The minimum atomic E-state index is -0.176. The third kappa shape index (κ3) is 3.47. The first-order valence-corrected chi connectivity index (χ1v) is 6.95.